The zero-order chi connectivity index (χ0) is 17.9. The van der Waals surface area contributed by atoms with Crippen LogP contribution in [0.2, 0.25) is 0 Å². The molecule has 0 spiro atoms. The number of nitrogen functional groups attached to an aromatic ring is 1. The minimum absolute atomic E-state index is 0.113. The van der Waals surface area contributed by atoms with Gasteiger partial charge in [-0.1, -0.05) is 0 Å². The van der Waals surface area contributed by atoms with Crippen molar-refractivity contribution in [1.82, 2.24) is 15.2 Å². The Bertz CT molecular complexity index is 551. The van der Waals surface area contributed by atoms with Gasteiger partial charge in [0.05, 0.1) is 5.69 Å². The third-order valence-corrected chi connectivity index (χ3v) is 3.92. The summed E-state index contributed by atoms with van der Waals surface area (Å²) < 4.78 is 0. The third-order valence-electron chi connectivity index (χ3n) is 3.92. The van der Waals surface area contributed by atoms with Crippen LogP contribution < -0.4 is 21.4 Å². The van der Waals surface area contributed by atoms with Crippen LogP contribution in [0.5, 0.6) is 0 Å². The Morgan fingerprint density at radius 2 is 1.75 bits per heavy atom. The summed E-state index contributed by atoms with van der Waals surface area (Å²) in [6.45, 7) is 12.2. The maximum Gasteiger partial charge on any atom is 0.184 e. The fraction of sp³-hybridized carbons (Fsp3) is 0.529. The highest BCUT2D eigenvalue weighted by Gasteiger charge is 2.15. The molecule has 2 saturated heterocycles. The van der Waals surface area contributed by atoms with Gasteiger partial charge in [0, 0.05) is 38.3 Å². The zero-order valence-electron chi connectivity index (χ0n) is 14.6. The molecule has 24 heavy (non-hydrogen) atoms. The molecule has 7 heteroatoms. The summed E-state index contributed by atoms with van der Waals surface area (Å²) in [5.74, 6) is 0.633. The summed E-state index contributed by atoms with van der Waals surface area (Å²) in [6.07, 6.45) is 2.78. The van der Waals surface area contributed by atoms with Gasteiger partial charge >= 0.3 is 0 Å². The normalized spacial score (nSPS) is 17.3. The number of aromatic nitrogens is 1. The maximum absolute atomic E-state index is 11.5. The van der Waals surface area contributed by atoms with E-state index in [1.165, 1.54) is 32.0 Å². The predicted molar refractivity (Wildman–Crippen MR) is 101 cm³/mol. The van der Waals surface area contributed by atoms with Crippen molar-refractivity contribution in [2.75, 3.05) is 51.2 Å². The third kappa shape index (κ3) is 6.55. The molecular weight excluding hydrogens is 304 g/mol. The van der Waals surface area contributed by atoms with Gasteiger partial charge in [0.15, 0.2) is 5.43 Å². The summed E-state index contributed by atoms with van der Waals surface area (Å²) in [6, 6.07) is 2.90. The fourth-order valence-corrected chi connectivity index (χ4v) is 2.52. The van der Waals surface area contributed by atoms with Gasteiger partial charge in [0.25, 0.3) is 0 Å². The quantitative estimate of drug-likeness (QED) is 0.360. The minimum atomic E-state index is -0.122. The van der Waals surface area contributed by atoms with Gasteiger partial charge in [-0.2, -0.15) is 0 Å². The van der Waals surface area contributed by atoms with Gasteiger partial charge in [-0.3, -0.25) is 10.2 Å². The second-order valence-corrected chi connectivity index (χ2v) is 5.78. The van der Waals surface area contributed by atoms with Crippen molar-refractivity contribution in [2.45, 2.75) is 12.8 Å². The van der Waals surface area contributed by atoms with E-state index in [1.54, 1.807) is 6.07 Å². The molecule has 0 bridgehead atoms. The van der Waals surface area contributed by atoms with Gasteiger partial charge in [0.1, 0.15) is 11.7 Å². The van der Waals surface area contributed by atoms with Crippen LogP contribution >= 0.6 is 0 Å². The van der Waals surface area contributed by atoms with Crippen molar-refractivity contribution in [3.8, 4) is 0 Å². The van der Waals surface area contributed by atoms with E-state index in [-0.39, 0.29) is 11.3 Å². The van der Waals surface area contributed by atoms with Crippen molar-refractivity contribution >= 4 is 11.7 Å². The van der Waals surface area contributed by atoms with Crippen molar-refractivity contribution in [3.63, 3.8) is 0 Å². The minimum Gasteiger partial charge on any atom is -0.382 e. The molecule has 5 N–H and O–H groups in total. The Morgan fingerprint density at radius 1 is 1.17 bits per heavy atom. The zero-order valence-corrected chi connectivity index (χ0v) is 14.6. The van der Waals surface area contributed by atoms with Crippen molar-refractivity contribution in [2.24, 2.45) is 5.73 Å². The van der Waals surface area contributed by atoms with Gasteiger partial charge in [-0.15, -0.1) is 13.2 Å². The molecule has 0 radical (unpaired) electrons. The Balaban J connectivity index is 0.000000346. The number of anilines is 1. The number of pyridine rings is 1. The summed E-state index contributed by atoms with van der Waals surface area (Å²) in [5, 5.41) is 10.6. The number of nitrogens with one attached hydrogen (secondary N) is 3. The Morgan fingerprint density at radius 3 is 2.21 bits per heavy atom. The summed E-state index contributed by atoms with van der Waals surface area (Å²) in [5.41, 5.74) is 5.65. The first-order chi connectivity index (χ1) is 11.6. The van der Waals surface area contributed by atoms with E-state index in [4.69, 9.17) is 11.1 Å². The second kappa shape index (κ2) is 10.6. The van der Waals surface area contributed by atoms with Crippen LogP contribution in [0.3, 0.4) is 0 Å². The molecule has 0 unspecified atom stereocenters. The van der Waals surface area contributed by atoms with Crippen molar-refractivity contribution in [3.05, 3.63) is 41.2 Å². The fourth-order valence-electron chi connectivity index (χ4n) is 2.52. The highest BCUT2D eigenvalue weighted by atomic mass is 16.1. The molecule has 3 heterocycles. The van der Waals surface area contributed by atoms with Gasteiger partial charge in [0.2, 0.25) is 0 Å². The molecule has 0 aromatic carbocycles. The van der Waals surface area contributed by atoms with Crippen LogP contribution in [0.25, 0.3) is 0 Å². The number of hydrogen-bond acceptors (Lipinski definition) is 5. The number of hydrogen-bond donors (Lipinski definition) is 4. The van der Waals surface area contributed by atoms with Crippen LogP contribution in [-0.2, 0) is 0 Å². The number of nitrogens with zero attached hydrogens (tertiary/aromatic N) is 2. The predicted octanol–water partition coefficient (Wildman–Crippen LogP) is 0.583. The van der Waals surface area contributed by atoms with E-state index in [0.29, 0.717) is 5.69 Å². The molecule has 0 aliphatic carbocycles. The highest BCUT2D eigenvalue weighted by Crippen LogP contribution is 2.11. The molecule has 2 aliphatic heterocycles. The molecule has 1 aromatic heterocycles. The number of nitrogens with two attached hydrogens (primary N) is 1. The molecule has 3 rings (SSSR count). The van der Waals surface area contributed by atoms with Crippen LogP contribution in [0.1, 0.15) is 18.5 Å². The molecule has 0 atom stereocenters. The van der Waals surface area contributed by atoms with Gasteiger partial charge < -0.3 is 25.8 Å². The number of H-pyrrole nitrogens is 1. The van der Waals surface area contributed by atoms with Gasteiger partial charge in [-0.05, 0) is 33.0 Å². The molecule has 1 aromatic rings. The van der Waals surface area contributed by atoms with Crippen LogP contribution in [-0.4, -0.2) is 62.0 Å². The Kier molecular flexibility index (Phi) is 8.81. The van der Waals surface area contributed by atoms with Crippen molar-refractivity contribution in [1.29, 1.82) is 5.41 Å². The molecular formula is C17H30N6O. The Hall–Kier alpha value is -2.12. The SMILES string of the molecule is C1CCNC1.C=C.CN1CCN(c2cc(=O)cc(C(=N)N)[nH]2)CC1. The van der Waals surface area contributed by atoms with Gasteiger partial charge in [-0.25, -0.2) is 0 Å². The lowest BCUT2D eigenvalue weighted by Crippen LogP contribution is -2.45. The number of likely N-dealkylation sites (N-methyl/N-ethyl adjacent to an activating group) is 1. The smallest absolute Gasteiger partial charge is 0.184 e. The second-order valence-electron chi connectivity index (χ2n) is 5.78. The molecule has 7 nitrogen and oxygen atoms in total. The average molecular weight is 334 g/mol. The number of piperazine rings is 1. The first-order valence-electron chi connectivity index (χ1n) is 8.29. The molecule has 2 fully saturated rings. The lowest BCUT2D eigenvalue weighted by molar-refractivity contribution is 0.312. The lowest BCUT2D eigenvalue weighted by Gasteiger charge is -2.33. The van der Waals surface area contributed by atoms with Crippen LogP contribution in [0.4, 0.5) is 5.82 Å². The molecule has 0 amide bonds. The summed E-state index contributed by atoms with van der Waals surface area (Å²) >= 11 is 0. The van der Waals surface area contributed by atoms with E-state index in [0.717, 1.165) is 32.0 Å². The lowest BCUT2D eigenvalue weighted by atomic mass is 10.3. The highest BCUT2D eigenvalue weighted by molar-refractivity contribution is 5.93. The van der Waals surface area contributed by atoms with Crippen LogP contribution in [0, 0.1) is 5.41 Å². The number of rotatable bonds is 2. The molecule has 134 valence electrons. The largest absolute Gasteiger partial charge is 0.382 e. The first-order valence-corrected chi connectivity index (χ1v) is 8.29. The molecule has 0 saturated carbocycles. The average Bonchev–Trinajstić information content (AvgIpc) is 3.16. The van der Waals surface area contributed by atoms with E-state index in [1.807, 2.05) is 0 Å². The Labute approximate surface area is 144 Å². The van der Waals surface area contributed by atoms with E-state index >= 15 is 0 Å². The summed E-state index contributed by atoms with van der Waals surface area (Å²) in [4.78, 5) is 18.9. The van der Waals surface area contributed by atoms with E-state index in [2.05, 4.69) is 40.3 Å². The topological polar surface area (TPSA) is 101 Å². The number of amidine groups is 1. The monoisotopic (exact) mass is 334 g/mol. The van der Waals surface area contributed by atoms with Crippen LogP contribution in [0.15, 0.2) is 30.1 Å². The standard InChI is InChI=1S/C11H17N5O.C4H9N.C2H4/c1-15-2-4-16(5-3-15)10-7-8(17)6-9(14-10)11(12)13;1-2-4-5-3-1;1-2/h6-7H,2-5H2,1H3,(H3,12,13)(H,14,17);5H,1-4H2;1-2H2. The summed E-state index contributed by atoms with van der Waals surface area (Å²) in [7, 11) is 2.08. The van der Waals surface area contributed by atoms with E-state index in [9.17, 15) is 4.79 Å². The molecule has 2 aliphatic rings. The number of aromatic amines is 1. The maximum atomic E-state index is 11.5. The van der Waals surface area contributed by atoms with Crippen molar-refractivity contribution < 1.29 is 0 Å². The first kappa shape index (κ1) is 19.9. The van der Waals surface area contributed by atoms with E-state index < -0.39 is 0 Å².